The van der Waals surface area contributed by atoms with Gasteiger partial charge < -0.3 is 10.8 Å². The van der Waals surface area contributed by atoms with Gasteiger partial charge in [0.1, 0.15) is 0 Å². The Hall–Kier alpha value is -1.33. The Morgan fingerprint density at radius 3 is 2.86 bits per heavy atom. The highest BCUT2D eigenvalue weighted by Crippen LogP contribution is 2.24. The van der Waals surface area contributed by atoms with E-state index in [9.17, 15) is 4.79 Å². The number of fused-ring (bicyclic) bond motifs is 1. The van der Waals surface area contributed by atoms with Gasteiger partial charge in [0.05, 0.1) is 15.8 Å². The van der Waals surface area contributed by atoms with Crippen molar-refractivity contribution in [2.24, 2.45) is 0 Å². The number of anilines is 1. The number of aromatic carboxylic acids is 1. The van der Waals surface area contributed by atoms with E-state index in [1.807, 2.05) is 0 Å². The number of nitrogens with two attached hydrogens (primary N) is 1. The fourth-order valence-corrected chi connectivity index (χ4v) is 1.85. The highest BCUT2D eigenvalue weighted by molar-refractivity contribution is 7.22. The third-order valence-corrected chi connectivity index (χ3v) is 2.50. The molecule has 0 aliphatic carbocycles. The zero-order valence-corrected chi connectivity index (χ0v) is 8.56. The third-order valence-electron chi connectivity index (χ3n) is 1.65. The topological polar surface area (TPSA) is 76.2 Å². The molecular formula is C8H7ClN2O2S. The average Bonchev–Trinajstić information content (AvgIpc) is 2.42. The smallest absolute Gasteiger partial charge is 0.335 e. The van der Waals surface area contributed by atoms with Gasteiger partial charge in [0.15, 0.2) is 5.13 Å². The van der Waals surface area contributed by atoms with E-state index in [1.165, 1.54) is 17.4 Å². The molecule has 1 aromatic heterocycles. The van der Waals surface area contributed by atoms with E-state index < -0.39 is 5.97 Å². The zero-order chi connectivity index (χ0) is 9.42. The lowest BCUT2D eigenvalue weighted by molar-refractivity contribution is 0.0697. The average molecular weight is 231 g/mol. The number of carboxylic acid groups (broad SMARTS) is 1. The molecule has 74 valence electrons. The maximum atomic E-state index is 10.6. The van der Waals surface area contributed by atoms with Gasteiger partial charge in [-0.15, -0.1) is 12.4 Å². The number of nitrogen functional groups attached to an aromatic ring is 1. The van der Waals surface area contributed by atoms with Crippen LogP contribution in [0.15, 0.2) is 18.2 Å². The van der Waals surface area contributed by atoms with Gasteiger partial charge in [0, 0.05) is 0 Å². The second kappa shape index (κ2) is 3.81. The second-order valence-corrected chi connectivity index (χ2v) is 3.60. The summed E-state index contributed by atoms with van der Waals surface area (Å²) < 4.78 is 0.803. The molecule has 1 aromatic carbocycles. The van der Waals surface area contributed by atoms with Crippen molar-refractivity contribution in [2.45, 2.75) is 0 Å². The van der Waals surface area contributed by atoms with E-state index in [0.717, 1.165) is 10.2 Å². The summed E-state index contributed by atoms with van der Waals surface area (Å²) in [5.41, 5.74) is 6.48. The molecule has 0 amide bonds. The number of halogens is 1. The Labute approximate surface area is 89.8 Å². The standard InChI is InChI=1S/C8H6N2O2S.ClH/c9-8-10-5-2-1-4(7(11)12)3-6(5)13-8;/h1-3H,(H2,9,10)(H,11,12);1H. The maximum absolute atomic E-state index is 10.6. The fourth-order valence-electron chi connectivity index (χ4n) is 1.08. The van der Waals surface area contributed by atoms with Gasteiger partial charge in [-0.05, 0) is 18.2 Å². The molecule has 0 bridgehead atoms. The van der Waals surface area contributed by atoms with E-state index in [0.29, 0.717) is 5.13 Å². The Morgan fingerprint density at radius 1 is 1.50 bits per heavy atom. The van der Waals surface area contributed by atoms with Gasteiger partial charge in [0.25, 0.3) is 0 Å². The van der Waals surface area contributed by atoms with Crippen molar-refractivity contribution in [3.05, 3.63) is 23.8 Å². The molecule has 0 spiro atoms. The molecule has 0 atom stereocenters. The van der Waals surface area contributed by atoms with Crippen LogP contribution in [0.5, 0.6) is 0 Å². The van der Waals surface area contributed by atoms with Gasteiger partial charge in [-0.1, -0.05) is 11.3 Å². The third kappa shape index (κ3) is 1.78. The summed E-state index contributed by atoms with van der Waals surface area (Å²) in [5.74, 6) is -0.936. The molecule has 0 aliphatic rings. The maximum Gasteiger partial charge on any atom is 0.335 e. The van der Waals surface area contributed by atoms with Crippen LogP contribution in [0.2, 0.25) is 0 Å². The van der Waals surface area contributed by atoms with Crippen molar-refractivity contribution in [1.82, 2.24) is 4.98 Å². The van der Waals surface area contributed by atoms with Crippen molar-refractivity contribution in [3.63, 3.8) is 0 Å². The van der Waals surface area contributed by atoms with Crippen LogP contribution in [0.1, 0.15) is 10.4 Å². The first kappa shape index (κ1) is 10.7. The summed E-state index contributed by atoms with van der Waals surface area (Å²) in [6.07, 6.45) is 0. The molecule has 0 fully saturated rings. The number of thiazole rings is 1. The SMILES string of the molecule is Cl.Nc1nc2ccc(C(=O)O)cc2s1. The molecule has 0 saturated carbocycles. The van der Waals surface area contributed by atoms with E-state index in [2.05, 4.69) is 4.98 Å². The van der Waals surface area contributed by atoms with Crippen LogP contribution < -0.4 is 5.73 Å². The molecule has 4 nitrogen and oxygen atoms in total. The highest BCUT2D eigenvalue weighted by atomic mass is 35.5. The van der Waals surface area contributed by atoms with Crippen molar-refractivity contribution in [1.29, 1.82) is 0 Å². The number of hydrogen-bond donors (Lipinski definition) is 2. The minimum absolute atomic E-state index is 0. The molecule has 0 radical (unpaired) electrons. The number of carbonyl (C=O) groups is 1. The van der Waals surface area contributed by atoms with Crippen molar-refractivity contribution in [2.75, 3.05) is 5.73 Å². The first-order valence-corrected chi connectivity index (χ1v) is 4.38. The Balaban J connectivity index is 0.000000980. The minimum atomic E-state index is -0.936. The van der Waals surface area contributed by atoms with Crippen LogP contribution in [0.3, 0.4) is 0 Å². The second-order valence-electron chi connectivity index (χ2n) is 2.54. The molecule has 14 heavy (non-hydrogen) atoms. The number of nitrogens with zero attached hydrogens (tertiary/aromatic N) is 1. The Bertz CT molecular complexity index is 483. The van der Waals surface area contributed by atoms with Gasteiger partial charge in [-0.3, -0.25) is 0 Å². The van der Waals surface area contributed by atoms with E-state index in [1.54, 1.807) is 12.1 Å². The molecule has 2 rings (SSSR count). The molecule has 2 aromatic rings. The van der Waals surface area contributed by atoms with Gasteiger partial charge in [0.2, 0.25) is 0 Å². The zero-order valence-electron chi connectivity index (χ0n) is 6.93. The van der Waals surface area contributed by atoms with Crippen LogP contribution >= 0.6 is 23.7 Å². The molecule has 3 N–H and O–H groups in total. The predicted molar refractivity (Wildman–Crippen MR) is 58.2 cm³/mol. The molecule has 0 unspecified atom stereocenters. The van der Waals surface area contributed by atoms with Crippen LogP contribution in [0, 0.1) is 0 Å². The van der Waals surface area contributed by atoms with Crippen LogP contribution in [0.25, 0.3) is 10.2 Å². The molecule has 1 heterocycles. The normalized spacial score (nSPS) is 9.71. The van der Waals surface area contributed by atoms with Crippen LogP contribution in [-0.2, 0) is 0 Å². The van der Waals surface area contributed by atoms with Gasteiger partial charge in [-0.25, -0.2) is 9.78 Å². The van der Waals surface area contributed by atoms with Crippen LogP contribution in [0.4, 0.5) is 5.13 Å². The monoisotopic (exact) mass is 230 g/mol. The summed E-state index contributed by atoms with van der Waals surface area (Å²) in [7, 11) is 0. The molecule has 0 saturated heterocycles. The Kier molecular flexibility index (Phi) is 2.93. The first-order chi connectivity index (χ1) is 6.16. The number of hydrogen-bond acceptors (Lipinski definition) is 4. The van der Waals surface area contributed by atoms with Crippen LogP contribution in [-0.4, -0.2) is 16.1 Å². The minimum Gasteiger partial charge on any atom is -0.478 e. The lowest BCUT2D eigenvalue weighted by Crippen LogP contribution is -1.94. The number of aromatic nitrogens is 1. The number of rotatable bonds is 1. The summed E-state index contributed by atoms with van der Waals surface area (Å²) >= 11 is 1.29. The molecule has 0 aliphatic heterocycles. The van der Waals surface area contributed by atoms with E-state index in [4.69, 9.17) is 10.8 Å². The van der Waals surface area contributed by atoms with E-state index in [-0.39, 0.29) is 18.0 Å². The first-order valence-electron chi connectivity index (χ1n) is 3.56. The van der Waals surface area contributed by atoms with E-state index >= 15 is 0 Å². The summed E-state index contributed by atoms with van der Waals surface area (Å²) in [6, 6.07) is 4.75. The van der Waals surface area contributed by atoms with Gasteiger partial charge in [-0.2, -0.15) is 0 Å². The quantitative estimate of drug-likeness (QED) is 0.786. The van der Waals surface area contributed by atoms with Crippen molar-refractivity contribution >= 4 is 45.1 Å². The van der Waals surface area contributed by atoms with Crippen molar-refractivity contribution < 1.29 is 9.90 Å². The lowest BCUT2D eigenvalue weighted by Gasteiger charge is -1.91. The summed E-state index contributed by atoms with van der Waals surface area (Å²) in [6.45, 7) is 0. The number of carboxylic acids is 1. The highest BCUT2D eigenvalue weighted by Gasteiger charge is 2.06. The van der Waals surface area contributed by atoms with Crippen molar-refractivity contribution in [3.8, 4) is 0 Å². The lowest BCUT2D eigenvalue weighted by atomic mass is 10.2. The fraction of sp³-hybridized carbons (Fsp3) is 0. The largest absolute Gasteiger partial charge is 0.478 e. The van der Waals surface area contributed by atoms with Gasteiger partial charge >= 0.3 is 5.97 Å². The molecular weight excluding hydrogens is 224 g/mol. The predicted octanol–water partition coefficient (Wildman–Crippen LogP) is 2.00. The molecule has 6 heteroatoms. The number of benzene rings is 1. The Morgan fingerprint density at radius 2 is 2.21 bits per heavy atom. The summed E-state index contributed by atoms with van der Waals surface area (Å²) in [4.78, 5) is 14.6. The summed E-state index contributed by atoms with van der Waals surface area (Å²) in [5, 5.41) is 9.16.